The van der Waals surface area contributed by atoms with E-state index in [4.69, 9.17) is 9.52 Å². The summed E-state index contributed by atoms with van der Waals surface area (Å²) in [5.41, 5.74) is 1.62. The zero-order chi connectivity index (χ0) is 18.5. The molecule has 1 heterocycles. The van der Waals surface area contributed by atoms with Gasteiger partial charge in [-0.25, -0.2) is 4.79 Å². The molecule has 1 aliphatic carbocycles. The van der Waals surface area contributed by atoms with Crippen LogP contribution < -0.4 is 4.90 Å². The van der Waals surface area contributed by atoms with E-state index < -0.39 is 0 Å². The first-order chi connectivity index (χ1) is 12.6. The summed E-state index contributed by atoms with van der Waals surface area (Å²) in [5, 5.41) is 8.77. The zero-order valence-electron chi connectivity index (χ0n) is 15.2. The van der Waals surface area contributed by atoms with Crippen molar-refractivity contribution in [3.8, 4) is 11.8 Å². The predicted octanol–water partition coefficient (Wildman–Crippen LogP) is 3.54. The van der Waals surface area contributed by atoms with Crippen molar-refractivity contribution in [2.75, 3.05) is 18.6 Å². The molecule has 1 saturated carbocycles. The van der Waals surface area contributed by atoms with E-state index in [1.807, 2.05) is 48.2 Å². The molecule has 136 valence electrons. The average molecular weight is 352 g/mol. The number of amides is 2. The summed E-state index contributed by atoms with van der Waals surface area (Å²) >= 11 is 0. The second kappa shape index (κ2) is 8.11. The molecule has 2 amide bonds. The number of carbonyl (C=O) groups is 1. The Morgan fingerprint density at radius 1 is 1.23 bits per heavy atom. The average Bonchev–Trinajstić information content (AvgIpc) is 3.02. The number of aliphatic hydroxyl groups is 1. The Hall–Kier alpha value is -2.71. The Bertz CT molecular complexity index is 810. The Morgan fingerprint density at radius 3 is 2.50 bits per heavy atom. The van der Waals surface area contributed by atoms with Crippen molar-refractivity contribution in [3.63, 3.8) is 0 Å². The summed E-state index contributed by atoms with van der Waals surface area (Å²) in [6.45, 7) is 2.23. The van der Waals surface area contributed by atoms with Crippen LogP contribution in [0.1, 0.15) is 36.3 Å². The predicted molar refractivity (Wildman–Crippen MR) is 101 cm³/mol. The van der Waals surface area contributed by atoms with Gasteiger partial charge in [0, 0.05) is 24.3 Å². The molecule has 0 spiro atoms. The summed E-state index contributed by atoms with van der Waals surface area (Å²) in [5.74, 6) is 7.14. The molecule has 2 aromatic rings. The van der Waals surface area contributed by atoms with Gasteiger partial charge in [-0.3, -0.25) is 4.90 Å². The lowest BCUT2D eigenvalue weighted by Crippen LogP contribution is -2.49. The third kappa shape index (κ3) is 4.09. The Labute approximate surface area is 154 Å². The van der Waals surface area contributed by atoms with Gasteiger partial charge >= 0.3 is 6.03 Å². The van der Waals surface area contributed by atoms with Crippen molar-refractivity contribution in [1.82, 2.24) is 4.90 Å². The van der Waals surface area contributed by atoms with E-state index >= 15 is 0 Å². The molecule has 0 aliphatic heterocycles. The molecule has 1 N–H and O–H groups in total. The number of urea groups is 1. The number of nitrogens with zero attached hydrogens (tertiary/aromatic N) is 2. The number of benzene rings is 1. The Balaban J connectivity index is 1.74. The fourth-order valence-corrected chi connectivity index (χ4v) is 3.00. The highest BCUT2D eigenvalue weighted by Crippen LogP contribution is 2.28. The van der Waals surface area contributed by atoms with Crippen molar-refractivity contribution in [1.29, 1.82) is 0 Å². The highest BCUT2D eigenvalue weighted by Gasteiger charge is 2.31. The molecule has 5 heteroatoms. The number of carbonyl (C=O) groups excluding carboxylic acids is 1. The van der Waals surface area contributed by atoms with Gasteiger partial charge in [0.25, 0.3) is 0 Å². The lowest BCUT2D eigenvalue weighted by Gasteiger charge is -2.39. The normalized spacial score (nSPS) is 13.5. The SMILES string of the molecule is Cc1ccc(CN(C(=O)N(C)c2ccc(C#CCO)cc2)C2CCC2)o1. The second-order valence-electron chi connectivity index (χ2n) is 6.57. The molecular weight excluding hydrogens is 328 g/mol. The molecule has 1 aromatic heterocycles. The zero-order valence-corrected chi connectivity index (χ0v) is 15.2. The summed E-state index contributed by atoms with van der Waals surface area (Å²) in [7, 11) is 1.79. The van der Waals surface area contributed by atoms with Gasteiger partial charge in [0.15, 0.2) is 0 Å². The van der Waals surface area contributed by atoms with Crippen molar-refractivity contribution in [2.45, 2.75) is 38.8 Å². The number of rotatable bonds is 4. The maximum Gasteiger partial charge on any atom is 0.324 e. The van der Waals surface area contributed by atoms with E-state index in [9.17, 15) is 4.79 Å². The Kier molecular flexibility index (Phi) is 5.65. The van der Waals surface area contributed by atoms with Crippen LogP contribution in [0.2, 0.25) is 0 Å². The smallest absolute Gasteiger partial charge is 0.324 e. The number of anilines is 1. The fourth-order valence-electron chi connectivity index (χ4n) is 3.00. The summed E-state index contributed by atoms with van der Waals surface area (Å²) in [6.07, 6.45) is 3.23. The van der Waals surface area contributed by atoms with Crippen molar-refractivity contribution in [2.24, 2.45) is 0 Å². The van der Waals surface area contributed by atoms with Gasteiger partial charge in [-0.15, -0.1) is 0 Å². The molecule has 1 aromatic carbocycles. The van der Waals surface area contributed by atoms with Crippen LogP contribution in [0.5, 0.6) is 0 Å². The minimum absolute atomic E-state index is 0.0297. The van der Waals surface area contributed by atoms with Crippen LogP contribution in [0.15, 0.2) is 40.8 Å². The first-order valence-electron chi connectivity index (χ1n) is 8.88. The molecule has 0 radical (unpaired) electrons. The van der Waals surface area contributed by atoms with E-state index in [1.165, 1.54) is 0 Å². The highest BCUT2D eigenvalue weighted by atomic mass is 16.3. The van der Waals surface area contributed by atoms with Gasteiger partial charge in [0.1, 0.15) is 18.1 Å². The van der Waals surface area contributed by atoms with Gasteiger partial charge in [0.2, 0.25) is 0 Å². The molecule has 3 rings (SSSR count). The lowest BCUT2D eigenvalue weighted by atomic mass is 9.91. The largest absolute Gasteiger partial charge is 0.464 e. The molecule has 26 heavy (non-hydrogen) atoms. The van der Waals surface area contributed by atoms with Gasteiger partial charge in [-0.05, 0) is 62.6 Å². The number of aryl methyl sites for hydroxylation is 1. The first kappa shape index (κ1) is 18.1. The minimum Gasteiger partial charge on any atom is -0.464 e. The topological polar surface area (TPSA) is 56.9 Å². The maximum absolute atomic E-state index is 13.1. The third-order valence-corrected chi connectivity index (χ3v) is 4.74. The van der Waals surface area contributed by atoms with Crippen LogP contribution in [0.4, 0.5) is 10.5 Å². The molecule has 1 aliphatic rings. The Morgan fingerprint density at radius 2 is 1.96 bits per heavy atom. The molecule has 0 atom stereocenters. The van der Waals surface area contributed by atoms with Crippen LogP contribution in [0.3, 0.4) is 0 Å². The molecular formula is C21H24N2O3. The van der Waals surface area contributed by atoms with Crippen LogP contribution in [0.25, 0.3) is 0 Å². The molecule has 0 unspecified atom stereocenters. The summed E-state index contributed by atoms with van der Waals surface area (Å²) in [6, 6.07) is 11.5. The van der Waals surface area contributed by atoms with E-state index in [1.54, 1.807) is 11.9 Å². The number of hydrogen-bond acceptors (Lipinski definition) is 3. The van der Waals surface area contributed by atoms with Crippen LogP contribution in [-0.4, -0.2) is 35.7 Å². The van der Waals surface area contributed by atoms with Crippen molar-refractivity contribution in [3.05, 3.63) is 53.5 Å². The quantitative estimate of drug-likeness (QED) is 0.856. The number of hydrogen-bond donors (Lipinski definition) is 1. The van der Waals surface area contributed by atoms with Crippen LogP contribution in [0, 0.1) is 18.8 Å². The summed E-state index contributed by atoms with van der Waals surface area (Å²) in [4.78, 5) is 16.7. The van der Waals surface area contributed by atoms with Crippen molar-refractivity contribution >= 4 is 11.7 Å². The van der Waals surface area contributed by atoms with E-state index in [0.717, 1.165) is 42.0 Å². The van der Waals surface area contributed by atoms with Gasteiger partial charge in [-0.1, -0.05) is 11.8 Å². The van der Waals surface area contributed by atoms with Gasteiger partial charge in [-0.2, -0.15) is 0 Å². The molecule has 0 bridgehead atoms. The number of furan rings is 1. The van der Waals surface area contributed by atoms with Crippen LogP contribution in [-0.2, 0) is 6.54 Å². The number of aliphatic hydroxyl groups excluding tert-OH is 1. The fraction of sp³-hybridized carbons (Fsp3) is 0.381. The van der Waals surface area contributed by atoms with E-state index in [2.05, 4.69) is 11.8 Å². The van der Waals surface area contributed by atoms with Crippen LogP contribution >= 0.6 is 0 Å². The summed E-state index contributed by atoms with van der Waals surface area (Å²) < 4.78 is 5.67. The minimum atomic E-state index is -0.164. The second-order valence-corrected chi connectivity index (χ2v) is 6.57. The van der Waals surface area contributed by atoms with Gasteiger partial charge < -0.3 is 14.4 Å². The molecule has 5 nitrogen and oxygen atoms in total. The van der Waals surface area contributed by atoms with Crippen molar-refractivity contribution < 1.29 is 14.3 Å². The van der Waals surface area contributed by atoms with E-state index in [-0.39, 0.29) is 18.7 Å². The monoisotopic (exact) mass is 352 g/mol. The standard InChI is InChI=1S/C21H24N2O3/c1-16-8-13-20(26-16)15-23(19-6-3-7-19)21(25)22(2)18-11-9-17(10-12-18)5-4-14-24/h8-13,19,24H,3,6-7,14-15H2,1-2H3. The first-order valence-corrected chi connectivity index (χ1v) is 8.88. The maximum atomic E-state index is 13.1. The molecule has 0 saturated heterocycles. The third-order valence-electron chi connectivity index (χ3n) is 4.74. The van der Waals surface area contributed by atoms with E-state index in [0.29, 0.717) is 6.54 Å². The molecule has 1 fully saturated rings. The van der Waals surface area contributed by atoms with Gasteiger partial charge in [0.05, 0.1) is 6.54 Å². The highest BCUT2D eigenvalue weighted by molar-refractivity contribution is 5.91. The lowest BCUT2D eigenvalue weighted by molar-refractivity contribution is 0.132.